The van der Waals surface area contributed by atoms with Crippen LogP contribution in [0.5, 0.6) is 0 Å². The highest BCUT2D eigenvalue weighted by molar-refractivity contribution is 5.01. The summed E-state index contributed by atoms with van der Waals surface area (Å²) in [6.07, 6.45) is -42.2. The van der Waals surface area contributed by atoms with Crippen LogP contribution in [0.1, 0.15) is 70.6 Å². The van der Waals surface area contributed by atoms with E-state index < -0.39 is 224 Å². The average Bonchev–Trinajstić information content (AvgIpc) is 1.40. The summed E-state index contributed by atoms with van der Waals surface area (Å²) in [5, 5.41) is 196. The topological polar surface area (TPSA) is 475 Å². The first-order chi connectivity index (χ1) is 41.9. The number of quaternary nitrogens is 2. The van der Waals surface area contributed by atoms with E-state index in [4.69, 9.17) is 56.8 Å². The Balaban J connectivity index is 0.000000453. The lowest BCUT2D eigenvalue weighted by Gasteiger charge is -2.50. The minimum atomic E-state index is -2.15. The predicted molar refractivity (Wildman–Crippen MR) is 293 cm³/mol. The van der Waals surface area contributed by atoms with Gasteiger partial charge >= 0.3 is 0 Å². The molecule has 14 bridgehead atoms. The minimum Gasteiger partial charge on any atom is -1.00 e. The van der Waals surface area contributed by atoms with Crippen LogP contribution in [0.3, 0.4) is 0 Å². The van der Waals surface area contributed by atoms with Crippen LogP contribution in [0, 0.1) is 5.92 Å². The van der Waals surface area contributed by atoms with Crippen molar-refractivity contribution in [1.82, 2.24) is 0 Å². The van der Waals surface area contributed by atoms with Gasteiger partial charge in [-0.1, -0.05) is 25.7 Å². The van der Waals surface area contributed by atoms with Crippen molar-refractivity contribution in [2.75, 3.05) is 93.5 Å². The number of fused-ring (bicyclic) bond motifs is 3. The van der Waals surface area contributed by atoms with E-state index >= 15 is 0 Å². The zero-order valence-corrected chi connectivity index (χ0v) is 54.2. The Kier molecular flexibility index (Phi) is 31.0. The summed E-state index contributed by atoms with van der Waals surface area (Å²) >= 11 is 0. The first-order valence-corrected chi connectivity index (χ1v) is 31.2. The second-order valence-corrected chi connectivity index (χ2v) is 26.2. The van der Waals surface area contributed by atoms with Crippen molar-refractivity contribution in [2.45, 2.75) is 255 Å². The SMILES string of the molecule is C[N+](C)(C)CCCCCCCCCC[N+]12CCC(CC1)CC2.OC[C@H]1O[C@@H]2O[C@H]3[C@H](O)[C@@H](O)[C@@H](O[C@H]4[C@H](O)[C@@H](O)[C@@H](O[C@H]5[C@H](O)[C@@H](O)[C@@H](O[C@H]6[C@H](O)[C@@H](O)[C@@H](O[C@H]7[C@H](O)[C@@H](O)[C@@H](O[C@H]1[C@H](O)[C@H]2O)O[C@@H]7CO)O[C@@H]6CO)O[C@@H]5CO)O[C@@H]4CO)O[C@@H]3CO.[Br-].[Br-]. The van der Waals surface area contributed by atoms with Crippen molar-refractivity contribution in [3.05, 3.63) is 0 Å². The Morgan fingerprint density at radius 1 is 0.289 bits per heavy atom. The normalized spacial score (nSPS) is 47.5. The lowest BCUT2D eigenvalue weighted by Crippen LogP contribution is -3.00. The van der Waals surface area contributed by atoms with Crippen LogP contribution in [-0.4, -0.2) is 379 Å². The predicted octanol–water partition coefficient (Wildman–Crippen LogP) is -14.6. The van der Waals surface area contributed by atoms with Crippen LogP contribution in [0.2, 0.25) is 0 Å². The second kappa shape index (κ2) is 35.4. The Hall–Kier alpha value is -0.320. The monoisotopic (exact) mass is 1440 g/mol. The standard InChI is InChI=1S/C36H60O30.C20H42N2.2BrH/c37-1-7-25-13(43)19(49)31(55-7)62-26-8(2-38)57-33(21(51)15(26)45)64-28-10(4-40)59-35(23(53)17(28)47)66-30-12(6-42)60-36(24(54)18(30)48)65-29-11(5-41)58-34(22(52)16(29)46)63-27-9(3-39)56-32(61-25)20(50)14(27)44;1-21(2,3)15-10-8-6-4-5-7-9-11-16-22-17-12-20(13-18-22)14-19-22;;/h7-54H,1-6H2;20H,4-19H2,1-3H3;2*1H/q;+2;;/p-2/t7-,8-,9-,10-,11-,12-,13-,14-,15-,16-,17-,18-,19-,20-,21-,22-,23-,24-,25-,26-,27-,28-,29-,30-,31-,32-,33-,34-,35-,36-;;;/m1.../s1. The Labute approximate surface area is 543 Å². The average molecular weight is 1440 g/mol. The van der Waals surface area contributed by atoms with E-state index in [1.165, 1.54) is 108 Å². The maximum atomic E-state index is 11.2. The third-order valence-corrected chi connectivity index (χ3v) is 18.9. The number of rotatable bonds is 17. The highest BCUT2D eigenvalue weighted by Gasteiger charge is 2.59. The molecule has 30 atom stereocenters. The summed E-state index contributed by atoms with van der Waals surface area (Å²) in [5.74, 6) is 1.11. The summed E-state index contributed by atoms with van der Waals surface area (Å²) < 4.78 is 70.5. The van der Waals surface area contributed by atoms with Crippen LogP contribution in [0.4, 0.5) is 0 Å². The number of halogens is 2. The molecule has 0 spiro atoms. The van der Waals surface area contributed by atoms with Gasteiger partial charge in [0, 0.05) is 0 Å². The van der Waals surface area contributed by atoms with E-state index in [1.807, 2.05) is 0 Å². The summed E-state index contributed by atoms with van der Waals surface area (Å²) in [4.78, 5) is 0. The Morgan fingerprint density at radius 3 is 0.689 bits per heavy atom. The summed E-state index contributed by atoms with van der Waals surface area (Å²) in [6.45, 7) is 1.37. The quantitative estimate of drug-likeness (QED) is 0.0475. The highest BCUT2D eigenvalue weighted by Crippen LogP contribution is 2.39. The lowest BCUT2D eigenvalue weighted by atomic mass is 9.85. The molecule has 25 rings (SSSR count). The molecule has 25 heterocycles. The molecule has 32 nitrogen and oxygen atoms in total. The summed E-state index contributed by atoms with van der Waals surface area (Å²) in [5.41, 5.74) is 0. The molecule has 25 saturated heterocycles. The number of piperidine rings is 3. The van der Waals surface area contributed by atoms with Crippen LogP contribution in [0.25, 0.3) is 0 Å². The molecule has 0 saturated carbocycles. The van der Waals surface area contributed by atoms with Gasteiger partial charge in [-0.15, -0.1) is 0 Å². The first-order valence-electron chi connectivity index (χ1n) is 31.2. The van der Waals surface area contributed by atoms with E-state index in [0.29, 0.717) is 0 Å². The number of nitrogens with zero attached hydrogens (tertiary/aromatic N) is 2. The molecule has 25 aliphatic rings. The van der Waals surface area contributed by atoms with Gasteiger partial charge in [0.1, 0.15) is 146 Å². The summed E-state index contributed by atoms with van der Waals surface area (Å²) in [7, 11) is 6.91. The van der Waals surface area contributed by atoms with Crippen LogP contribution in [0.15, 0.2) is 0 Å². The van der Waals surface area contributed by atoms with Crippen LogP contribution in [-0.2, 0) is 56.8 Å². The van der Waals surface area contributed by atoms with Crippen molar-refractivity contribution in [3.63, 3.8) is 0 Å². The van der Waals surface area contributed by atoms with Crippen molar-refractivity contribution in [1.29, 1.82) is 0 Å². The van der Waals surface area contributed by atoms with Gasteiger partial charge in [0.05, 0.1) is 93.5 Å². The van der Waals surface area contributed by atoms with E-state index in [9.17, 15) is 91.9 Å². The van der Waals surface area contributed by atoms with Crippen molar-refractivity contribution < 1.29 is 192 Å². The van der Waals surface area contributed by atoms with Gasteiger partial charge in [0.2, 0.25) is 0 Å². The zero-order chi connectivity index (χ0) is 63.9. The van der Waals surface area contributed by atoms with Gasteiger partial charge in [0.25, 0.3) is 0 Å². The van der Waals surface area contributed by atoms with Gasteiger partial charge in [-0.2, -0.15) is 0 Å². The van der Waals surface area contributed by atoms with E-state index in [-0.39, 0.29) is 34.0 Å². The van der Waals surface area contributed by atoms with Crippen LogP contribution >= 0.6 is 0 Å². The first kappa shape index (κ1) is 78.7. The van der Waals surface area contributed by atoms with E-state index in [1.54, 1.807) is 0 Å². The molecule has 34 heteroatoms. The van der Waals surface area contributed by atoms with Crippen molar-refractivity contribution >= 4 is 0 Å². The van der Waals surface area contributed by atoms with E-state index in [2.05, 4.69) is 21.1 Å². The Bertz CT molecular complexity index is 1760. The minimum absolute atomic E-state index is 0. The Morgan fingerprint density at radius 2 is 0.489 bits per heavy atom. The fourth-order valence-corrected chi connectivity index (χ4v) is 13.5. The number of aliphatic hydroxyl groups excluding tert-OH is 18. The van der Waals surface area contributed by atoms with Crippen molar-refractivity contribution in [3.8, 4) is 0 Å². The third-order valence-electron chi connectivity index (χ3n) is 18.9. The number of unbranched alkanes of at least 4 members (excludes halogenated alkanes) is 7. The molecule has 25 fully saturated rings. The van der Waals surface area contributed by atoms with Gasteiger partial charge in [-0.25, -0.2) is 0 Å². The van der Waals surface area contributed by atoms with Gasteiger partial charge in [0.15, 0.2) is 37.7 Å². The molecule has 0 aromatic carbocycles. The molecule has 0 aromatic rings. The molecule has 25 aliphatic heterocycles. The molecule has 0 amide bonds. The highest BCUT2D eigenvalue weighted by atomic mass is 79.9. The molecular weight excluding hydrogens is 1340 g/mol. The fourth-order valence-electron chi connectivity index (χ4n) is 13.5. The second-order valence-electron chi connectivity index (χ2n) is 26.2. The lowest BCUT2D eigenvalue weighted by molar-refractivity contribution is -0.942. The number of hydrogen-bond acceptors (Lipinski definition) is 30. The third kappa shape index (κ3) is 18.5. The molecule has 90 heavy (non-hydrogen) atoms. The zero-order valence-electron chi connectivity index (χ0n) is 51.1. The summed E-state index contributed by atoms with van der Waals surface area (Å²) in [6, 6.07) is 0. The van der Waals surface area contributed by atoms with Gasteiger partial charge < -0.3 is 192 Å². The molecule has 0 aliphatic carbocycles. The maximum Gasteiger partial charge on any atom is 0.187 e. The molecule has 18 N–H and O–H groups in total. The van der Waals surface area contributed by atoms with Crippen molar-refractivity contribution in [2.24, 2.45) is 5.92 Å². The van der Waals surface area contributed by atoms with Gasteiger partial charge in [-0.3, -0.25) is 0 Å². The van der Waals surface area contributed by atoms with Gasteiger partial charge in [-0.05, 0) is 50.9 Å². The van der Waals surface area contributed by atoms with E-state index in [0.717, 1.165) is 10.4 Å². The number of ether oxygens (including phenoxy) is 12. The molecule has 0 unspecified atom stereocenters. The maximum absolute atomic E-state index is 11.2. The number of hydrogen-bond donors (Lipinski definition) is 18. The smallest absolute Gasteiger partial charge is 0.187 e. The molecular formula is C56H102Br2N2O30. The number of aliphatic hydroxyl groups is 18. The molecule has 0 aromatic heterocycles. The molecule has 0 radical (unpaired) electrons. The molecule has 530 valence electrons. The fraction of sp³-hybridized carbons (Fsp3) is 1.00. The van der Waals surface area contributed by atoms with Crippen LogP contribution < -0.4 is 34.0 Å². The largest absolute Gasteiger partial charge is 1.00 e.